The highest BCUT2D eigenvalue weighted by Crippen LogP contribution is 2.27. The topological polar surface area (TPSA) is 21.3 Å². The number of allylic oxidation sites excluding steroid dienone is 1. The van der Waals surface area contributed by atoms with Crippen LogP contribution >= 0.6 is 0 Å². The molecule has 1 fully saturated rings. The summed E-state index contributed by atoms with van der Waals surface area (Å²) in [4.78, 5) is 0. The molecule has 1 aliphatic carbocycles. The molecule has 0 radical (unpaired) electrons. The molecule has 0 atom stereocenters. The van der Waals surface area contributed by atoms with Gasteiger partial charge in [0.25, 0.3) is 0 Å². The van der Waals surface area contributed by atoms with Crippen LogP contribution < -0.4 is 5.32 Å². The Morgan fingerprint density at radius 1 is 1.33 bits per heavy atom. The Morgan fingerprint density at radius 3 is 2.53 bits per heavy atom. The average molecular weight is 211 g/mol. The maximum Gasteiger partial charge on any atom is 0.0612 e. The summed E-state index contributed by atoms with van der Waals surface area (Å²) in [5.41, 5.74) is 0.0145. The van der Waals surface area contributed by atoms with Crippen molar-refractivity contribution in [2.24, 2.45) is 0 Å². The van der Waals surface area contributed by atoms with Gasteiger partial charge in [0.05, 0.1) is 11.7 Å². The highest BCUT2D eigenvalue weighted by atomic mass is 16.5. The van der Waals surface area contributed by atoms with Gasteiger partial charge in [-0.1, -0.05) is 12.2 Å². The van der Waals surface area contributed by atoms with Crippen LogP contribution in [-0.2, 0) is 4.74 Å². The second-order valence-electron chi connectivity index (χ2n) is 5.33. The van der Waals surface area contributed by atoms with Gasteiger partial charge in [0, 0.05) is 6.04 Å². The number of nitrogens with one attached hydrogen (secondary N) is 1. The van der Waals surface area contributed by atoms with E-state index >= 15 is 0 Å². The maximum atomic E-state index is 5.88. The molecule has 1 aliphatic rings. The monoisotopic (exact) mass is 211 g/mol. The minimum atomic E-state index is 0.0145. The predicted molar refractivity (Wildman–Crippen MR) is 65.1 cm³/mol. The third-order valence-corrected chi connectivity index (χ3v) is 2.59. The van der Waals surface area contributed by atoms with Crippen LogP contribution in [0.3, 0.4) is 0 Å². The zero-order chi connectivity index (χ0) is 11.3. The van der Waals surface area contributed by atoms with Crippen molar-refractivity contribution in [2.45, 2.75) is 64.7 Å². The summed E-state index contributed by atoms with van der Waals surface area (Å²) in [6.45, 7) is 9.53. The van der Waals surface area contributed by atoms with Crippen molar-refractivity contribution in [3.63, 3.8) is 0 Å². The van der Waals surface area contributed by atoms with Crippen molar-refractivity contribution in [3.8, 4) is 0 Å². The van der Waals surface area contributed by atoms with E-state index in [9.17, 15) is 0 Å². The first kappa shape index (κ1) is 12.7. The van der Waals surface area contributed by atoms with Crippen LogP contribution in [0.25, 0.3) is 0 Å². The van der Waals surface area contributed by atoms with E-state index in [-0.39, 0.29) is 5.60 Å². The molecule has 1 N–H and O–H groups in total. The lowest BCUT2D eigenvalue weighted by Gasteiger charge is -2.39. The standard InChI is InChI=1S/C13H25NO/c1-5-6-7-8-14-11-9-12(10-11)15-13(2,3)4/h5-6,11-12,14H,7-10H2,1-4H3/b6-5+. The van der Waals surface area contributed by atoms with Crippen LogP contribution in [0.15, 0.2) is 12.2 Å². The van der Waals surface area contributed by atoms with Gasteiger partial charge in [0.15, 0.2) is 0 Å². The van der Waals surface area contributed by atoms with Gasteiger partial charge < -0.3 is 10.1 Å². The minimum Gasteiger partial charge on any atom is -0.373 e. The van der Waals surface area contributed by atoms with Crippen molar-refractivity contribution in [1.82, 2.24) is 5.32 Å². The van der Waals surface area contributed by atoms with Crippen molar-refractivity contribution in [1.29, 1.82) is 0 Å². The maximum absolute atomic E-state index is 5.88. The fourth-order valence-corrected chi connectivity index (χ4v) is 1.87. The third-order valence-electron chi connectivity index (χ3n) is 2.59. The van der Waals surface area contributed by atoms with E-state index in [1.165, 1.54) is 12.8 Å². The molecule has 0 aromatic carbocycles. The number of hydrogen-bond donors (Lipinski definition) is 1. The number of rotatable bonds is 5. The van der Waals surface area contributed by atoms with Gasteiger partial charge in [-0.3, -0.25) is 0 Å². The van der Waals surface area contributed by atoms with Crippen LogP contribution in [0.1, 0.15) is 47.0 Å². The molecule has 0 aliphatic heterocycles. The van der Waals surface area contributed by atoms with E-state index in [1.807, 2.05) is 0 Å². The first-order valence-electron chi connectivity index (χ1n) is 6.03. The van der Waals surface area contributed by atoms with E-state index < -0.39 is 0 Å². The summed E-state index contributed by atoms with van der Waals surface area (Å²) in [6.07, 6.45) is 8.27. The molecule has 0 spiro atoms. The SMILES string of the molecule is C/C=C/CCNC1CC(OC(C)(C)C)C1. The molecule has 0 heterocycles. The zero-order valence-corrected chi connectivity index (χ0v) is 10.5. The summed E-state index contributed by atoms with van der Waals surface area (Å²) in [7, 11) is 0. The van der Waals surface area contributed by atoms with Gasteiger partial charge >= 0.3 is 0 Å². The summed E-state index contributed by atoms with van der Waals surface area (Å²) in [6, 6.07) is 0.683. The number of ether oxygens (including phenoxy) is 1. The molecular weight excluding hydrogens is 186 g/mol. The largest absolute Gasteiger partial charge is 0.373 e. The third kappa shape index (κ3) is 5.33. The molecule has 1 rings (SSSR count). The van der Waals surface area contributed by atoms with Crippen LogP contribution in [0.5, 0.6) is 0 Å². The molecule has 88 valence electrons. The van der Waals surface area contributed by atoms with Crippen LogP contribution in [0.4, 0.5) is 0 Å². The molecule has 0 bridgehead atoms. The van der Waals surface area contributed by atoms with Gasteiger partial charge in [0.1, 0.15) is 0 Å². The normalized spacial score (nSPS) is 26.9. The van der Waals surface area contributed by atoms with E-state index in [2.05, 4.69) is 45.2 Å². The second kappa shape index (κ2) is 5.66. The summed E-state index contributed by atoms with van der Waals surface area (Å²) >= 11 is 0. The number of hydrogen-bond acceptors (Lipinski definition) is 2. The van der Waals surface area contributed by atoms with E-state index in [1.54, 1.807) is 0 Å². The van der Waals surface area contributed by atoms with E-state index in [4.69, 9.17) is 4.74 Å². The fraction of sp³-hybridized carbons (Fsp3) is 0.846. The highest BCUT2D eigenvalue weighted by Gasteiger charge is 2.32. The van der Waals surface area contributed by atoms with Crippen molar-refractivity contribution >= 4 is 0 Å². The molecular formula is C13H25NO. The Labute approximate surface area is 94.1 Å². The Hall–Kier alpha value is -0.340. The van der Waals surface area contributed by atoms with Crippen molar-refractivity contribution in [3.05, 3.63) is 12.2 Å². The first-order chi connectivity index (χ1) is 7.01. The molecule has 0 amide bonds. The molecule has 1 saturated carbocycles. The molecule has 0 unspecified atom stereocenters. The summed E-state index contributed by atoms with van der Waals surface area (Å²) in [5, 5.41) is 3.54. The summed E-state index contributed by atoms with van der Waals surface area (Å²) in [5.74, 6) is 0. The quantitative estimate of drug-likeness (QED) is 0.557. The van der Waals surface area contributed by atoms with Gasteiger partial charge in [-0.15, -0.1) is 0 Å². The predicted octanol–water partition coefficient (Wildman–Crippen LogP) is 2.89. The van der Waals surface area contributed by atoms with Gasteiger partial charge in [-0.25, -0.2) is 0 Å². The van der Waals surface area contributed by atoms with Crippen LogP contribution in [0.2, 0.25) is 0 Å². The highest BCUT2D eigenvalue weighted by molar-refractivity contribution is 4.88. The lowest BCUT2D eigenvalue weighted by molar-refractivity contribution is -0.102. The minimum absolute atomic E-state index is 0.0145. The van der Waals surface area contributed by atoms with Crippen LogP contribution in [-0.4, -0.2) is 24.3 Å². The fourth-order valence-electron chi connectivity index (χ4n) is 1.87. The smallest absolute Gasteiger partial charge is 0.0612 e. The Balaban J connectivity index is 2.00. The molecule has 0 aromatic rings. The van der Waals surface area contributed by atoms with Crippen molar-refractivity contribution < 1.29 is 4.74 Å². The molecule has 0 aromatic heterocycles. The Morgan fingerprint density at radius 2 is 2.00 bits per heavy atom. The van der Waals surface area contributed by atoms with Gasteiger partial charge in [0.2, 0.25) is 0 Å². The van der Waals surface area contributed by atoms with E-state index in [0.717, 1.165) is 13.0 Å². The van der Waals surface area contributed by atoms with E-state index in [0.29, 0.717) is 12.1 Å². The molecule has 2 nitrogen and oxygen atoms in total. The molecule has 0 saturated heterocycles. The Kier molecular flexibility index (Phi) is 4.81. The van der Waals surface area contributed by atoms with Gasteiger partial charge in [-0.2, -0.15) is 0 Å². The average Bonchev–Trinajstić information content (AvgIpc) is 2.05. The first-order valence-corrected chi connectivity index (χ1v) is 6.03. The van der Waals surface area contributed by atoms with Crippen LogP contribution in [0, 0.1) is 0 Å². The zero-order valence-electron chi connectivity index (χ0n) is 10.5. The lowest BCUT2D eigenvalue weighted by Crippen LogP contribution is -2.47. The molecule has 15 heavy (non-hydrogen) atoms. The van der Waals surface area contributed by atoms with Gasteiger partial charge in [-0.05, 0) is 53.5 Å². The van der Waals surface area contributed by atoms with Crippen molar-refractivity contribution in [2.75, 3.05) is 6.54 Å². The Bertz CT molecular complexity index is 199. The lowest BCUT2D eigenvalue weighted by atomic mass is 9.88. The summed E-state index contributed by atoms with van der Waals surface area (Å²) < 4.78 is 5.88. The second-order valence-corrected chi connectivity index (χ2v) is 5.33. The molecule has 2 heteroatoms.